The highest BCUT2D eigenvalue weighted by Crippen LogP contribution is 2.24. The molecule has 1 aromatic rings. The largest absolute Gasteiger partial charge is 0.508 e. The first-order valence-corrected chi connectivity index (χ1v) is 9.70. The van der Waals surface area contributed by atoms with Crippen LogP contribution < -0.4 is 0 Å². The molecule has 136 valence electrons. The number of rotatable bonds is 14. The molecule has 0 fully saturated rings. The van der Waals surface area contributed by atoms with Gasteiger partial charge < -0.3 is 10.2 Å². The molecule has 0 aliphatic rings. The Morgan fingerprint density at radius 1 is 0.792 bits per heavy atom. The number of hydrogen-bond acceptors (Lipinski definition) is 3. The summed E-state index contributed by atoms with van der Waals surface area (Å²) in [6.07, 6.45) is 15.6. The number of Topliss-reactive ketones (excluding diaryl/α,β-unsaturated/α-hetero) is 1. The van der Waals surface area contributed by atoms with Crippen molar-refractivity contribution in [3.63, 3.8) is 0 Å². The Hall–Kier alpha value is -1.51. The van der Waals surface area contributed by atoms with E-state index in [1.165, 1.54) is 82.4 Å². The Morgan fingerprint density at radius 2 is 1.29 bits per heavy atom. The minimum Gasteiger partial charge on any atom is -0.508 e. The standard InChI is InChI=1S/C21H34O3/c1-2-3-4-5-6-7-8-9-10-11-12-13-14-20(23)19-17-18(22)15-16-21(19)24/h15-17,22,24H,2-14H2,1H3. The highest BCUT2D eigenvalue weighted by molar-refractivity contribution is 5.98. The summed E-state index contributed by atoms with van der Waals surface area (Å²) in [6.45, 7) is 2.25. The zero-order valence-electron chi connectivity index (χ0n) is 15.2. The molecule has 3 nitrogen and oxygen atoms in total. The fraction of sp³-hybridized carbons (Fsp3) is 0.667. The summed E-state index contributed by atoms with van der Waals surface area (Å²) in [7, 11) is 0. The summed E-state index contributed by atoms with van der Waals surface area (Å²) in [4.78, 5) is 12.0. The van der Waals surface area contributed by atoms with E-state index in [-0.39, 0.29) is 22.8 Å². The second kappa shape index (κ2) is 12.9. The van der Waals surface area contributed by atoms with Crippen molar-refractivity contribution in [3.05, 3.63) is 23.8 Å². The third-order valence-corrected chi connectivity index (χ3v) is 4.54. The van der Waals surface area contributed by atoms with Crippen LogP contribution in [0, 0.1) is 0 Å². The van der Waals surface area contributed by atoms with Gasteiger partial charge in [-0.15, -0.1) is 0 Å². The van der Waals surface area contributed by atoms with Crippen molar-refractivity contribution >= 4 is 5.78 Å². The van der Waals surface area contributed by atoms with E-state index in [0.717, 1.165) is 12.8 Å². The molecule has 0 aliphatic heterocycles. The van der Waals surface area contributed by atoms with Crippen LogP contribution in [-0.4, -0.2) is 16.0 Å². The normalized spacial score (nSPS) is 10.9. The van der Waals surface area contributed by atoms with Crippen LogP contribution in [0.3, 0.4) is 0 Å². The molecule has 0 spiro atoms. The van der Waals surface area contributed by atoms with Gasteiger partial charge in [-0.25, -0.2) is 0 Å². The average Bonchev–Trinajstić information content (AvgIpc) is 2.57. The van der Waals surface area contributed by atoms with Crippen molar-refractivity contribution in [1.82, 2.24) is 0 Å². The molecule has 0 saturated heterocycles. The average molecular weight is 334 g/mol. The van der Waals surface area contributed by atoms with E-state index >= 15 is 0 Å². The van der Waals surface area contributed by atoms with Crippen LogP contribution >= 0.6 is 0 Å². The zero-order chi connectivity index (χ0) is 17.6. The monoisotopic (exact) mass is 334 g/mol. The van der Waals surface area contributed by atoms with Gasteiger partial charge in [-0.05, 0) is 24.6 Å². The quantitative estimate of drug-likeness (QED) is 0.236. The fourth-order valence-electron chi connectivity index (χ4n) is 3.01. The van der Waals surface area contributed by atoms with Gasteiger partial charge in [0.15, 0.2) is 5.78 Å². The Morgan fingerprint density at radius 3 is 1.83 bits per heavy atom. The van der Waals surface area contributed by atoms with Crippen LogP contribution in [-0.2, 0) is 0 Å². The van der Waals surface area contributed by atoms with Crippen molar-refractivity contribution in [2.24, 2.45) is 0 Å². The number of phenolic OH excluding ortho intramolecular Hbond substituents is 2. The molecule has 0 amide bonds. The van der Waals surface area contributed by atoms with Crippen molar-refractivity contribution in [2.45, 2.75) is 90.4 Å². The van der Waals surface area contributed by atoms with Gasteiger partial charge in [0.25, 0.3) is 0 Å². The predicted molar refractivity (Wildman–Crippen MR) is 99.8 cm³/mol. The maximum Gasteiger partial charge on any atom is 0.166 e. The summed E-state index contributed by atoms with van der Waals surface area (Å²) >= 11 is 0. The van der Waals surface area contributed by atoms with Crippen LogP contribution in [0.4, 0.5) is 0 Å². The van der Waals surface area contributed by atoms with E-state index in [0.29, 0.717) is 6.42 Å². The van der Waals surface area contributed by atoms with Gasteiger partial charge in [-0.3, -0.25) is 4.79 Å². The fourth-order valence-corrected chi connectivity index (χ4v) is 3.01. The number of unbranched alkanes of at least 4 members (excludes halogenated alkanes) is 11. The Kier molecular flexibility index (Phi) is 11.0. The van der Waals surface area contributed by atoms with E-state index in [4.69, 9.17) is 0 Å². The molecule has 0 saturated carbocycles. The number of carbonyl (C=O) groups is 1. The third kappa shape index (κ3) is 8.95. The Balaban J connectivity index is 1.98. The van der Waals surface area contributed by atoms with Gasteiger partial charge in [0, 0.05) is 6.42 Å². The lowest BCUT2D eigenvalue weighted by Crippen LogP contribution is -1.99. The molecular weight excluding hydrogens is 300 g/mol. The minimum absolute atomic E-state index is 0.0193. The van der Waals surface area contributed by atoms with Gasteiger partial charge in [-0.2, -0.15) is 0 Å². The number of hydrogen-bond donors (Lipinski definition) is 2. The lowest BCUT2D eigenvalue weighted by atomic mass is 10.0. The molecule has 1 rings (SSSR count). The van der Waals surface area contributed by atoms with Crippen molar-refractivity contribution in [2.75, 3.05) is 0 Å². The topological polar surface area (TPSA) is 57.5 Å². The van der Waals surface area contributed by atoms with Gasteiger partial charge in [0.1, 0.15) is 11.5 Å². The predicted octanol–water partition coefficient (Wildman–Crippen LogP) is 6.37. The number of ketones is 1. The van der Waals surface area contributed by atoms with Crippen molar-refractivity contribution in [1.29, 1.82) is 0 Å². The maximum atomic E-state index is 12.0. The van der Waals surface area contributed by atoms with Crippen LogP contribution in [0.2, 0.25) is 0 Å². The summed E-state index contributed by atoms with van der Waals surface area (Å²) < 4.78 is 0. The summed E-state index contributed by atoms with van der Waals surface area (Å²) in [5.74, 6) is -0.113. The smallest absolute Gasteiger partial charge is 0.166 e. The first-order valence-electron chi connectivity index (χ1n) is 9.70. The van der Waals surface area contributed by atoms with Gasteiger partial charge in [0.2, 0.25) is 0 Å². The molecule has 0 unspecified atom stereocenters. The SMILES string of the molecule is CCCCCCCCCCCCCCC(=O)c1cc(O)ccc1O. The van der Waals surface area contributed by atoms with E-state index in [1.54, 1.807) is 0 Å². The lowest BCUT2D eigenvalue weighted by molar-refractivity contribution is 0.0976. The second-order valence-corrected chi connectivity index (χ2v) is 6.76. The van der Waals surface area contributed by atoms with Gasteiger partial charge in [0.05, 0.1) is 5.56 Å². The van der Waals surface area contributed by atoms with E-state index < -0.39 is 0 Å². The molecule has 0 heterocycles. The van der Waals surface area contributed by atoms with Crippen LogP contribution in [0.1, 0.15) is 101 Å². The Bertz CT molecular complexity index is 468. The molecule has 0 aromatic heterocycles. The molecule has 24 heavy (non-hydrogen) atoms. The molecular formula is C21H34O3. The molecule has 0 bridgehead atoms. The molecule has 0 aliphatic carbocycles. The first kappa shape index (κ1) is 20.5. The van der Waals surface area contributed by atoms with Crippen LogP contribution in [0.25, 0.3) is 0 Å². The van der Waals surface area contributed by atoms with Crippen LogP contribution in [0.15, 0.2) is 18.2 Å². The molecule has 1 aromatic carbocycles. The summed E-state index contributed by atoms with van der Waals surface area (Å²) in [5, 5.41) is 19.1. The first-order chi connectivity index (χ1) is 11.6. The van der Waals surface area contributed by atoms with E-state index in [9.17, 15) is 15.0 Å². The highest BCUT2D eigenvalue weighted by atomic mass is 16.3. The highest BCUT2D eigenvalue weighted by Gasteiger charge is 2.11. The molecule has 0 radical (unpaired) electrons. The number of aromatic hydroxyl groups is 2. The number of phenols is 2. The van der Waals surface area contributed by atoms with Crippen molar-refractivity contribution in [3.8, 4) is 11.5 Å². The minimum atomic E-state index is -0.0875. The maximum absolute atomic E-state index is 12.0. The molecule has 3 heteroatoms. The van der Waals surface area contributed by atoms with Crippen molar-refractivity contribution < 1.29 is 15.0 Å². The Labute approximate surface area is 147 Å². The number of benzene rings is 1. The van der Waals surface area contributed by atoms with E-state index in [2.05, 4.69) is 6.92 Å². The molecule has 0 atom stereocenters. The van der Waals surface area contributed by atoms with Gasteiger partial charge >= 0.3 is 0 Å². The van der Waals surface area contributed by atoms with E-state index in [1.807, 2.05) is 0 Å². The molecule has 2 N–H and O–H groups in total. The zero-order valence-corrected chi connectivity index (χ0v) is 15.2. The lowest BCUT2D eigenvalue weighted by Gasteiger charge is -2.05. The number of carbonyl (C=O) groups excluding carboxylic acids is 1. The second-order valence-electron chi connectivity index (χ2n) is 6.76. The summed E-state index contributed by atoms with van der Waals surface area (Å²) in [5.41, 5.74) is 0.234. The summed E-state index contributed by atoms with van der Waals surface area (Å²) in [6, 6.07) is 4.10. The van der Waals surface area contributed by atoms with Gasteiger partial charge in [-0.1, -0.05) is 77.6 Å². The third-order valence-electron chi connectivity index (χ3n) is 4.54. The van der Waals surface area contributed by atoms with Crippen LogP contribution in [0.5, 0.6) is 11.5 Å².